The van der Waals surface area contributed by atoms with Crippen LogP contribution in [0.15, 0.2) is 11.7 Å². The maximum Gasteiger partial charge on any atom is 0.166 e. The molecule has 0 N–H and O–H groups in total. The van der Waals surface area contributed by atoms with Crippen LogP contribution >= 0.6 is 11.3 Å². The average molecular weight is 179 g/mol. The summed E-state index contributed by atoms with van der Waals surface area (Å²) in [5, 5.41) is 7.92. The van der Waals surface area contributed by atoms with Crippen molar-refractivity contribution in [2.75, 3.05) is 0 Å². The molecule has 0 aliphatic carbocycles. The van der Waals surface area contributed by atoms with Crippen molar-refractivity contribution in [1.29, 1.82) is 0 Å². The van der Waals surface area contributed by atoms with Gasteiger partial charge in [0.2, 0.25) is 0 Å². The van der Waals surface area contributed by atoms with E-state index in [0.29, 0.717) is 5.92 Å². The second kappa shape index (κ2) is 2.79. The fourth-order valence-corrected chi connectivity index (χ4v) is 1.77. The van der Waals surface area contributed by atoms with Crippen molar-refractivity contribution in [2.45, 2.75) is 19.8 Å². The van der Waals surface area contributed by atoms with Gasteiger partial charge in [0.15, 0.2) is 4.83 Å². The van der Waals surface area contributed by atoms with E-state index >= 15 is 0 Å². The van der Waals surface area contributed by atoms with E-state index in [4.69, 9.17) is 0 Å². The molecule has 2 rings (SSSR count). The van der Waals surface area contributed by atoms with E-state index < -0.39 is 0 Å². The predicted molar refractivity (Wildman–Crippen MR) is 49.3 cm³/mol. The molecule has 0 spiro atoms. The fraction of sp³-hybridized carbons (Fsp3) is 0.375. The molecule has 4 heteroatoms. The molecule has 62 valence electrons. The maximum absolute atomic E-state index is 4.26. The highest BCUT2D eigenvalue weighted by atomic mass is 32.1. The van der Waals surface area contributed by atoms with Crippen LogP contribution in [0.2, 0.25) is 0 Å². The molecule has 0 saturated carbocycles. The molecule has 0 amide bonds. The van der Waals surface area contributed by atoms with Gasteiger partial charge in [-0.1, -0.05) is 13.8 Å². The predicted octanol–water partition coefficient (Wildman–Crippen LogP) is 2.21. The standard InChI is InChI=1S/C8H9N3S/c1-5(2)6-3-10-11-8-7(6)9-4-12-8/h3-5H,1-2H3. The van der Waals surface area contributed by atoms with Crippen LogP contribution in [0.1, 0.15) is 25.3 Å². The summed E-state index contributed by atoms with van der Waals surface area (Å²) in [7, 11) is 0. The van der Waals surface area contributed by atoms with Crippen molar-refractivity contribution in [2.24, 2.45) is 0 Å². The first-order chi connectivity index (χ1) is 5.79. The molecule has 12 heavy (non-hydrogen) atoms. The molecular formula is C8H9N3S. The lowest BCUT2D eigenvalue weighted by Crippen LogP contribution is -1.92. The van der Waals surface area contributed by atoms with E-state index in [2.05, 4.69) is 29.0 Å². The van der Waals surface area contributed by atoms with E-state index in [-0.39, 0.29) is 0 Å². The van der Waals surface area contributed by atoms with Crippen LogP contribution in [0.4, 0.5) is 0 Å². The van der Waals surface area contributed by atoms with Gasteiger partial charge in [0.25, 0.3) is 0 Å². The van der Waals surface area contributed by atoms with Gasteiger partial charge in [-0.3, -0.25) is 0 Å². The minimum atomic E-state index is 0.463. The molecule has 0 atom stereocenters. The Hall–Kier alpha value is -1.03. The van der Waals surface area contributed by atoms with Crippen LogP contribution in [0.3, 0.4) is 0 Å². The molecule has 2 aromatic rings. The quantitative estimate of drug-likeness (QED) is 0.673. The number of hydrogen-bond donors (Lipinski definition) is 0. The van der Waals surface area contributed by atoms with Gasteiger partial charge >= 0.3 is 0 Å². The summed E-state index contributed by atoms with van der Waals surface area (Å²) < 4.78 is 0. The molecule has 0 bridgehead atoms. The molecule has 0 aliphatic heterocycles. The van der Waals surface area contributed by atoms with Gasteiger partial charge in [0, 0.05) is 5.56 Å². The number of fused-ring (bicyclic) bond motifs is 1. The van der Waals surface area contributed by atoms with Crippen LogP contribution in [0.25, 0.3) is 10.3 Å². The smallest absolute Gasteiger partial charge is 0.166 e. The highest BCUT2D eigenvalue weighted by molar-refractivity contribution is 7.16. The summed E-state index contributed by atoms with van der Waals surface area (Å²) >= 11 is 1.53. The molecule has 0 fully saturated rings. The lowest BCUT2D eigenvalue weighted by molar-refractivity contribution is 0.855. The second-order valence-corrected chi connectivity index (χ2v) is 3.79. The summed E-state index contributed by atoms with van der Waals surface area (Å²) in [4.78, 5) is 5.19. The second-order valence-electron chi connectivity index (χ2n) is 2.96. The molecule has 0 aromatic carbocycles. The van der Waals surface area contributed by atoms with Gasteiger partial charge in [-0.2, -0.15) is 5.10 Å². The summed E-state index contributed by atoms with van der Waals surface area (Å²) in [6.07, 6.45) is 1.80. The van der Waals surface area contributed by atoms with E-state index in [9.17, 15) is 0 Å². The first kappa shape index (κ1) is 7.61. The van der Waals surface area contributed by atoms with E-state index in [1.54, 1.807) is 6.20 Å². The Kier molecular flexibility index (Phi) is 1.77. The van der Waals surface area contributed by atoms with Crippen LogP contribution in [0, 0.1) is 0 Å². The molecule has 0 aliphatic rings. The van der Waals surface area contributed by atoms with Gasteiger partial charge in [-0.05, 0) is 5.92 Å². The average Bonchev–Trinajstić information content (AvgIpc) is 2.49. The molecule has 3 nitrogen and oxygen atoms in total. The first-order valence-corrected chi connectivity index (χ1v) is 4.72. The first-order valence-electron chi connectivity index (χ1n) is 3.84. The monoisotopic (exact) mass is 179 g/mol. The Morgan fingerprint density at radius 3 is 3.00 bits per heavy atom. The Morgan fingerprint density at radius 1 is 1.42 bits per heavy atom. The largest absolute Gasteiger partial charge is 0.242 e. The summed E-state index contributed by atoms with van der Waals surface area (Å²) in [6.45, 7) is 4.27. The third-order valence-corrected chi connectivity index (χ3v) is 2.50. The lowest BCUT2D eigenvalue weighted by Gasteiger charge is -2.02. The zero-order valence-electron chi connectivity index (χ0n) is 6.98. The number of nitrogens with zero attached hydrogens (tertiary/aromatic N) is 3. The van der Waals surface area contributed by atoms with Gasteiger partial charge in [0.1, 0.15) is 5.52 Å². The van der Waals surface area contributed by atoms with E-state index in [0.717, 1.165) is 10.3 Å². The summed E-state index contributed by atoms with van der Waals surface area (Å²) in [5.74, 6) is 0.463. The molecule has 0 unspecified atom stereocenters. The van der Waals surface area contributed by atoms with Crippen molar-refractivity contribution in [3.63, 3.8) is 0 Å². The molecular weight excluding hydrogens is 170 g/mol. The van der Waals surface area contributed by atoms with Crippen molar-refractivity contribution >= 4 is 21.7 Å². The number of rotatable bonds is 1. The zero-order chi connectivity index (χ0) is 8.55. The van der Waals surface area contributed by atoms with Crippen LogP contribution < -0.4 is 0 Å². The van der Waals surface area contributed by atoms with Crippen molar-refractivity contribution in [1.82, 2.24) is 15.2 Å². The van der Waals surface area contributed by atoms with Crippen LogP contribution in [-0.2, 0) is 0 Å². The minimum absolute atomic E-state index is 0.463. The third kappa shape index (κ3) is 1.08. The number of hydrogen-bond acceptors (Lipinski definition) is 4. The number of thiazole rings is 1. The van der Waals surface area contributed by atoms with Crippen LogP contribution in [0.5, 0.6) is 0 Å². The Labute approximate surface area is 74.5 Å². The van der Waals surface area contributed by atoms with E-state index in [1.165, 1.54) is 16.9 Å². The molecule has 0 saturated heterocycles. The summed E-state index contributed by atoms with van der Waals surface area (Å²) in [6, 6.07) is 0. The van der Waals surface area contributed by atoms with Gasteiger partial charge in [-0.25, -0.2) is 4.98 Å². The summed E-state index contributed by atoms with van der Waals surface area (Å²) in [5.41, 5.74) is 4.00. The van der Waals surface area contributed by atoms with Gasteiger partial charge in [0.05, 0.1) is 11.7 Å². The Balaban J connectivity index is 2.73. The van der Waals surface area contributed by atoms with Gasteiger partial charge in [-0.15, -0.1) is 16.4 Å². The van der Waals surface area contributed by atoms with Crippen molar-refractivity contribution in [3.05, 3.63) is 17.3 Å². The zero-order valence-corrected chi connectivity index (χ0v) is 7.80. The maximum atomic E-state index is 4.26. The minimum Gasteiger partial charge on any atom is -0.242 e. The SMILES string of the molecule is CC(C)c1cnnc2scnc12. The van der Waals surface area contributed by atoms with Crippen LogP contribution in [-0.4, -0.2) is 15.2 Å². The Morgan fingerprint density at radius 2 is 2.25 bits per heavy atom. The Bertz CT molecular complexity index is 394. The van der Waals surface area contributed by atoms with E-state index in [1.807, 2.05) is 5.51 Å². The highest BCUT2D eigenvalue weighted by Gasteiger charge is 2.07. The van der Waals surface area contributed by atoms with Crippen molar-refractivity contribution in [3.8, 4) is 0 Å². The normalized spacial score (nSPS) is 11.2. The lowest BCUT2D eigenvalue weighted by atomic mass is 10.1. The topological polar surface area (TPSA) is 38.7 Å². The van der Waals surface area contributed by atoms with Crippen molar-refractivity contribution < 1.29 is 0 Å². The molecule has 2 aromatic heterocycles. The van der Waals surface area contributed by atoms with Gasteiger partial charge < -0.3 is 0 Å². The molecule has 0 radical (unpaired) electrons. The molecule has 2 heterocycles. The third-order valence-electron chi connectivity index (χ3n) is 1.79. The highest BCUT2D eigenvalue weighted by Crippen LogP contribution is 2.23. The fourth-order valence-electron chi connectivity index (χ4n) is 1.14. The number of aromatic nitrogens is 3.